The fourth-order valence-electron chi connectivity index (χ4n) is 2.12. The van der Waals surface area contributed by atoms with Crippen LogP contribution in [0.15, 0.2) is 0 Å². The van der Waals surface area contributed by atoms with E-state index in [2.05, 4.69) is 0 Å². The highest BCUT2D eigenvalue weighted by Gasteiger charge is 2.32. The zero-order chi connectivity index (χ0) is 12.2. The van der Waals surface area contributed by atoms with Gasteiger partial charge in [0.1, 0.15) is 0 Å². The Morgan fingerprint density at radius 1 is 1.50 bits per heavy atom. The first kappa shape index (κ1) is 13.4. The molecule has 0 radical (unpaired) electrons. The predicted molar refractivity (Wildman–Crippen MR) is 60.7 cm³/mol. The fraction of sp³-hybridized carbons (Fsp3) is 0.900. The maximum Gasteiger partial charge on any atom is 0.303 e. The van der Waals surface area contributed by atoms with Crippen LogP contribution in [0.5, 0.6) is 0 Å². The second-order valence-electron chi connectivity index (χ2n) is 4.09. The average molecular weight is 249 g/mol. The van der Waals surface area contributed by atoms with E-state index in [-0.39, 0.29) is 18.2 Å². The van der Waals surface area contributed by atoms with Gasteiger partial charge in [-0.1, -0.05) is 0 Å². The predicted octanol–water partition coefficient (Wildman–Crippen LogP) is 1.06. The Bertz CT molecular complexity index is 339. The quantitative estimate of drug-likeness (QED) is 0.763. The van der Waals surface area contributed by atoms with Crippen molar-refractivity contribution < 1.29 is 18.3 Å². The maximum absolute atomic E-state index is 11.7. The van der Waals surface area contributed by atoms with E-state index in [1.165, 1.54) is 0 Å². The summed E-state index contributed by atoms with van der Waals surface area (Å²) in [6.45, 7) is 2.23. The van der Waals surface area contributed by atoms with Crippen molar-refractivity contribution in [3.63, 3.8) is 0 Å². The number of rotatable bonds is 6. The van der Waals surface area contributed by atoms with Crippen LogP contribution in [0.3, 0.4) is 0 Å². The Kier molecular flexibility index (Phi) is 4.73. The maximum atomic E-state index is 11.7. The van der Waals surface area contributed by atoms with Gasteiger partial charge in [-0.2, -0.15) is 4.31 Å². The minimum atomic E-state index is -3.11. The van der Waals surface area contributed by atoms with E-state index in [4.69, 9.17) is 5.11 Å². The summed E-state index contributed by atoms with van der Waals surface area (Å²) in [7, 11) is -3.11. The molecule has 1 saturated heterocycles. The van der Waals surface area contributed by atoms with Crippen molar-refractivity contribution in [2.24, 2.45) is 0 Å². The van der Waals surface area contributed by atoms with Gasteiger partial charge < -0.3 is 5.11 Å². The molecule has 0 aliphatic carbocycles. The molecule has 0 amide bonds. The van der Waals surface area contributed by atoms with Crippen LogP contribution >= 0.6 is 0 Å². The fourth-order valence-corrected chi connectivity index (χ4v) is 3.52. The molecule has 0 bridgehead atoms. The summed E-state index contributed by atoms with van der Waals surface area (Å²) >= 11 is 0. The van der Waals surface area contributed by atoms with E-state index in [0.29, 0.717) is 19.4 Å². The lowest BCUT2D eigenvalue weighted by atomic mass is 10.1. The molecule has 0 aromatic heterocycles. The van der Waals surface area contributed by atoms with Crippen LogP contribution < -0.4 is 0 Å². The number of carboxylic acid groups (broad SMARTS) is 1. The van der Waals surface area contributed by atoms with Crippen molar-refractivity contribution in [3.8, 4) is 0 Å². The van der Waals surface area contributed by atoms with Gasteiger partial charge in [0.25, 0.3) is 0 Å². The average Bonchev–Trinajstić information content (AvgIpc) is 2.66. The van der Waals surface area contributed by atoms with E-state index < -0.39 is 16.0 Å². The van der Waals surface area contributed by atoms with Crippen molar-refractivity contribution in [1.82, 2.24) is 4.31 Å². The van der Waals surface area contributed by atoms with Crippen LogP contribution in [0.1, 0.15) is 39.0 Å². The first-order valence-electron chi connectivity index (χ1n) is 5.68. The number of hydrogen-bond acceptors (Lipinski definition) is 3. The molecule has 1 N–H and O–H groups in total. The van der Waals surface area contributed by atoms with Gasteiger partial charge >= 0.3 is 5.97 Å². The summed E-state index contributed by atoms with van der Waals surface area (Å²) in [5.41, 5.74) is 0. The smallest absolute Gasteiger partial charge is 0.303 e. The van der Waals surface area contributed by atoms with Crippen LogP contribution in [-0.4, -0.2) is 42.1 Å². The van der Waals surface area contributed by atoms with Crippen molar-refractivity contribution in [2.45, 2.75) is 45.1 Å². The summed E-state index contributed by atoms with van der Waals surface area (Å²) in [5.74, 6) is -0.689. The lowest BCUT2D eigenvalue weighted by molar-refractivity contribution is -0.137. The van der Waals surface area contributed by atoms with E-state index in [0.717, 1.165) is 12.8 Å². The highest BCUT2D eigenvalue weighted by molar-refractivity contribution is 7.89. The van der Waals surface area contributed by atoms with Gasteiger partial charge in [0.05, 0.1) is 5.75 Å². The first-order valence-corrected chi connectivity index (χ1v) is 7.29. The van der Waals surface area contributed by atoms with Crippen LogP contribution in [0.4, 0.5) is 0 Å². The molecule has 5 nitrogen and oxygen atoms in total. The Morgan fingerprint density at radius 3 is 2.75 bits per heavy atom. The first-order chi connectivity index (χ1) is 7.47. The van der Waals surface area contributed by atoms with E-state index in [1.807, 2.05) is 0 Å². The molecule has 0 aromatic rings. The molecule has 1 unspecified atom stereocenters. The molecule has 1 aliphatic rings. The third-order valence-corrected chi connectivity index (χ3v) is 4.90. The van der Waals surface area contributed by atoms with Gasteiger partial charge in [0, 0.05) is 19.0 Å². The molecule has 1 fully saturated rings. The van der Waals surface area contributed by atoms with Gasteiger partial charge in [0.15, 0.2) is 0 Å². The highest BCUT2D eigenvalue weighted by atomic mass is 32.2. The second kappa shape index (κ2) is 5.63. The largest absolute Gasteiger partial charge is 0.481 e. The van der Waals surface area contributed by atoms with Crippen molar-refractivity contribution in [3.05, 3.63) is 0 Å². The number of carboxylic acids is 1. The van der Waals surface area contributed by atoms with Crippen molar-refractivity contribution in [2.75, 3.05) is 12.3 Å². The Hall–Kier alpha value is -0.620. The molecular weight excluding hydrogens is 230 g/mol. The number of nitrogens with zero attached hydrogens (tertiary/aromatic N) is 1. The molecule has 0 aromatic carbocycles. The zero-order valence-corrected chi connectivity index (χ0v) is 10.4. The van der Waals surface area contributed by atoms with E-state index in [9.17, 15) is 13.2 Å². The minimum Gasteiger partial charge on any atom is -0.481 e. The summed E-state index contributed by atoms with van der Waals surface area (Å²) in [5, 5.41) is 8.53. The SMILES string of the molecule is CCS(=O)(=O)N1CCCC1CCCC(=O)O. The standard InChI is InChI=1S/C10H19NO4S/c1-2-16(14,15)11-8-4-6-9(11)5-3-7-10(12)13/h9H,2-8H2,1H3,(H,12,13). The molecule has 16 heavy (non-hydrogen) atoms. The van der Waals surface area contributed by atoms with Gasteiger partial charge in [-0.25, -0.2) is 8.42 Å². The Morgan fingerprint density at radius 2 is 2.19 bits per heavy atom. The topological polar surface area (TPSA) is 74.7 Å². The lowest BCUT2D eigenvalue weighted by Crippen LogP contribution is -2.36. The summed E-state index contributed by atoms with van der Waals surface area (Å²) < 4.78 is 25.0. The highest BCUT2D eigenvalue weighted by Crippen LogP contribution is 2.25. The number of carbonyl (C=O) groups is 1. The molecule has 1 aliphatic heterocycles. The van der Waals surface area contributed by atoms with Crippen LogP contribution in [0.25, 0.3) is 0 Å². The molecule has 1 heterocycles. The monoisotopic (exact) mass is 249 g/mol. The third kappa shape index (κ3) is 3.45. The third-order valence-electron chi connectivity index (χ3n) is 2.97. The van der Waals surface area contributed by atoms with Gasteiger partial charge in [-0.05, 0) is 32.6 Å². The van der Waals surface area contributed by atoms with E-state index >= 15 is 0 Å². The van der Waals surface area contributed by atoms with Crippen molar-refractivity contribution in [1.29, 1.82) is 0 Å². The molecule has 0 saturated carbocycles. The van der Waals surface area contributed by atoms with Crippen LogP contribution in [0.2, 0.25) is 0 Å². The van der Waals surface area contributed by atoms with Gasteiger partial charge in [0.2, 0.25) is 10.0 Å². The summed E-state index contributed by atoms with van der Waals surface area (Å²) in [6.07, 6.45) is 3.08. The molecule has 94 valence electrons. The molecule has 6 heteroatoms. The number of aliphatic carboxylic acids is 1. The molecule has 1 atom stereocenters. The molecular formula is C10H19NO4S. The van der Waals surface area contributed by atoms with Gasteiger partial charge in [-0.15, -0.1) is 0 Å². The van der Waals surface area contributed by atoms with Crippen molar-refractivity contribution >= 4 is 16.0 Å². The number of sulfonamides is 1. The van der Waals surface area contributed by atoms with Crippen LogP contribution in [0, 0.1) is 0 Å². The molecule has 0 spiro atoms. The summed E-state index contributed by atoms with van der Waals surface area (Å²) in [6, 6.07) is 0.0179. The number of hydrogen-bond donors (Lipinski definition) is 1. The molecule has 1 rings (SSSR count). The Balaban J connectivity index is 2.50. The Labute approximate surface area is 96.5 Å². The van der Waals surface area contributed by atoms with Crippen LogP contribution in [-0.2, 0) is 14.8 Å². The normalized spacial score (nSPS) is 22.4. The van der Waals surface area contributed by atoms with E-state index in [1.54, 1.807) is 11.2 Å². The second-order valence-corrected chi connectivity index (χ2v) is 6.30. The lowest BCUT2D eigenvalue weighted by Gasteiger charge is -2.23. The van der Waals surface area contributed by atoms with Gasteiger partial charge in [-0.3, -0.25) is 4.79 Å². The minimum absolute atomic E-state index is 0.0179. The summed E-state index contributed by atoms with van der Waals surface area (Å²) in [4.78, 5) is 10.4. The zero-order valence-electron chi connectivity index (χ0n) is 9.55.